The topological polar surface area (TPSA) is 86.1 Å². The SMILES string of the molecule is O=C(NCCc1ccn(-c2ccccc2)n1)c1ncoc1-c1ccco1. The van der Waals surface area contributed by atoms with Crippen LogP contribution in [0.15, 0.2) is 76.2 Å². The van der Waals surface area contributed by atoms with Crippen molar-refractivity contribution in [2.45, 2.75) is 6.42 Å². The van der Waals surface area contributed by atoms with Gasteiger partial charge in [-0.15, -0.1) is 0 Å². The van der Waals surface area contributed by atoms with E-state index < -0.39 is 0 Å². The first-order valence-electron chi connectivity index (χ1n) is 8.17. The molecule has 0 radical (unpaired) electrons. The van der Waals surface area contributed by atoms with Gasteiger partial charge < -0.3 is 14.2 Å². The Morgan fingerprint density at radius 3 is 2.77 bits per heavy atom. The molecule has 4 rings (SSSR count). The van der Waals surface area contributed by atoms with Crippen LogP contribution < -0.4 is 5.32 Å². The summed E-state index contributed by atoms with van der Waals surface area (Å²) in [4.78, 5) is 16.3. The lowest BCUT2D eigenvalue weighted by atomic mass is 10.2. The van der Waals surface area contributed by atoms with E-state index in [4.69, 9.17) is 8.83 Å². The monoisotopic (exact) mass is 348 g/mol. The van der Waals surface area contributed by atoms with Gasteiger partial charge in [0.2, 0.25) is 5.76 Å². The number of benzene rings is 1. The zero-order valence-corrected chi connectivity index (χ0v) is 13.8. The summed E-state index contributed by atoms with van der Waals surface area (Å²) >= 11 is 0. The normalized spacial score (nSPS) is 10.8. The molecule has 0 atom stereocenters. The van der Waals surface area contributed by atoms with Crippen LogP contribution >= 0.6 is 0 Å². The Morgan fingerprint density at radius 1 is 1.08 bits per heavy atom. The summed E-state index contributed by atoms with van der Waals surface area (Å²) < 4.78 is 12.3. The molecule has 0 aliphatic heterocycles. The van der Waals surface area contributed by atoms with Crippen LogP contribution in [0.3, 0.4) is 0 Å². The molecule has 0 fully saturated rings. The number of carbonyl (C=O) groups is 1. The van der Waals surface area contributed by atoms with Crippen LogP contribution in [-0.4, -0.2) is 27.2 Å². The van der Waals surface area contributed by atoms with Crippen molar-refractivity contribution in [3.05, 3.63) is 78.8 Å². The van der Waals surface area contributed by atoms with Crippen molar-refractivity contribution >= 4 is 5.91 Å². The standard InChI is InChI=1S/C19H16N4O3/c24-19(17-18(26-13-21-17)16-7-4-12-25-16)20-10-8-14-9-11-23(22-14)15-5-2-1-3-6-15/h1-7,9,11-13H,8,10H2,(H,20,24). The van der Waals surface area contributed by atoms with Gasteiger partial charge in [0, 0.05) is 19.2 Å². The van der Waals surface area contributed by atoms with Crippen LogP contribution in [0.5, 0.6) is 0 Å². The van der Waals surface area contributed by atoms with E-state index in [0.29, 0.717) is 24.5 Å². The van der Waals surface area contributed by atoms with Gasteiger partial charge >= 0.3 is 0 Å². The third-order valence-corrected chi connectivity index (χ3v) is 3.86. The molecule has 26 heavy (non-hydrogen) atoms. The van der Waals surface area contributed by atoms with E-state index in [-0.39, 0.29) is 11.6 Å². The number of carbonyl (C=O) groups excluding carboxylic acids is 1. The zero-order valence-electron chi connectivity index (χ0n) is 13.8. The van der Waals surface area contributed by atoms with Crippen LogP contribution in [0, 0.1) is 0 Å². The lowest BCUT2D eigenvalue weighted by Gasteiger charge is -2.03. The summed E-state index contributed by atoms with van der Waals surface area (Å²) in [6, 6.07) is 15.2. The zero-order chi connectivity index (χ0) is 17.8. The van der Waals surface area contributed by atoms with Crippen LogP contribution in [0.1, 0.15) is 16.2 Å². The van der Waals surface area contributed by atoms with E-state index in [1.807, 2.05) is 47.3 Å². The Morgan fingerprint density at radius 2 is 1.96 bits per heavy atom. The average Bonchev–Trinajstić information content (AvgIpc) is 3.42. The fourth-order valence-electron chi connectivity index (χ4n) is 2.60. The summed E-state index contributed by atoms with van der Waals surface area (Å²) in [6.07, 6.45) is 5.26. The van der Waals surface area contributed by atoms with Crippen molar-refractivity contribution < 1.29 is 13.6 Å². The number of rotatable bonds is 6. The molecule has 7 nitrogen and oxygen atoms in total. The van der Waals surface area contributed by atoms with Gasteiger partial charge in [0.15, 0.2) is 17.8 Å². The van der Waals surface area contributed by atoms with Gasteiger partial charge in [-0.25, -0.2) is 9.67 Å². The molecule has 130 valence electrons. The van der Waals surface area contributed by atoms with Gasteiger partial charge in [0.25, 0.3) is 5.91 Å². The molecule has 1 aromatic carbocycles. The molecule has 0 bridgehead atoms. The number of nitrogens with zero attached hydrogens (tertiary/aromatic N) is 3. The molecule has 0 saturated carbocycles. The molecule has 3 heterocycles. The Balaban J connectivity index is 1.36. The number of hydrogen-bond acceptors (Lipinski definition) is 5. The van der Waals surface area contributed by atoms with E-state index in [0.717, 1.165) is 11.4 Å². The summed E-state index contributed by atoms with van der Waals surface area (Å²) in [5.41, 5.74) is 2.09. The van der Waals surface area contributed by atoms with Crippen molar-refractivity contribution in [3.63, 3.8) is 0 Å². The molecule has 1 amide bonds. The van der Waals surface area contributed by atoms with Crippen molar-refractivity contribution in [1.82, 2.24) is 20.1 Å². The lowest BCUT2D eigenvalue weighted by Crippen LogP contribution is -2.26. The van der Waals surface area contributed by atoms with Crippen molar-refractivity contribution in [2.24, 2.45) is 0 Å². The predicted molar refractivity (Wildman–Crippen MR) is 93.8 cm³/mol. The van der Waals surface area contributed by atoms with Gasteiger partial charge in [-0.1, -0.05) is 18.2 Å². The van der Waals surface area contributed by atoms with E-state index in [2.05, 4.69) is 15.4 Å². The highest BCUT2D eigenvalue weighted by molar-refractivity contribution is 5.97. The summed E-state index contributed by atoms with van der Waals surface area (Å²) in [6.45, 7) is 0.440. The van der Waals surface area contributed by atoms with Crippen LogP contribution in [-0.2, 0) is 6.42 Å². The predicted octanol–water partition coefficient (Wildman–Crippen LogP) is 3.09. The summed E-state index contributed by atoms with van der Waals surface area (Å²) in [5.74, 6) is 0.475. The van der Waals surface area contributed by atoms with Gasteiger partial charge in [0.05, 0.1) is 17.6 Å². The molecule has 0 saturated heterocycles. The number of oxazole rings is 1. The fraction of sp³-hybridized carbons (Fsp3) is 0.105. The average molecular weight is 348 g/mol. The van der Waals surface area contributed by atoms with E-state index >= 15 is 0 Å². The lowest BCUT2D eigenvalue weighted by molar-refractivity contribution is 0.0949. The number of para-hydroxylation sites is 1. The largest absolute Gasteiger partial charge is 0.461 e. The van der Waals surface area contributed by atoms with E-state index in [9.17, 15) is 4.79 Å². The molecule has 0 aliphatic carbocycles. The molecule has 1 N–H and O–H groups in total. The minimum atomic E-state index is -0.312. The second kappa shape index (κ2) is 7.10. The van der Waals surface area contributed by atoms with Crippen molar-refractivity contribution in [3.8, 4) is 17.2 Å². The molecule has 7 heteroatoms. The van der Waals surface area contributed by atoms with Gasteiger partial charge in [-0.3, -0.25) is 4.79 Å². The first-order chi connectivity index (χ1) is 12.8. The minimum absolute atomic E-state index is 0.203. The first kappa shape index (κ1) is 15.9. The van der Waals surface area contributed by atoms with E-state index in [1.54, 1.807) is 12.1 Å². The Labute approximate surface area is 149 Å². The second-order valence-electron chi connectivity index (χ2n) is 5.60. The van der Waals surface area contributed by atoms with Crippen molar-refractivity contribution in [2.75, 3.05) is 6.54 Å². The molecule has 0 spiro atoms. The molecular weight excluding hydrogens is 332 g/mol. The highest BCUT2D eigenvalue weighted by atomic mass is 16.4. The Bertz CT molecular complexity index is 987. The fourth-order valence-corrected chi connectivity index (χ4v) is 2.60. The number of furan rings is 1. The molecule has 0 aliphatic rings. The number of aromatic nitrogens is 3. The number of hydrogen-bond donors (Lipinski definition) is 1. The van der Waals surface area contributed by atoms with E-state index in [1.165, 1.54) is 12.7 Å². The smallest absolute Gasteiger partial charge is 0.274 e. The number of nitrogens with one attached hydrogen (secondary N) is 1. The minimum Gasteiger partial charge on any atom is -0.461 e. The highest BCUT2D eigenvalue weighted by Crippen LogP contribution is 2.23. The van der Waals surface area contributed by atoms with Crippen LogP contribution in [0.2, 0.25) is 0 Å². The van der Waals surface area contributed by atoms with Crippen LogP contribution in [0.4, 0.5) is 0 Å². The molecule has 3 aromatic heterocycles. The van der Waals surface area contributed by atoms with Gasteiger partial charge in [-0.05, 0) is 30.3 Å². The summed E-state index contributed by atoms with van der Waals surface area (Å²) in [5, 5.41) is 7.35. The van der Waals surface area contributed by atoms with Crippen molar-refractivity contribution in [1.29, 1.82) is 0 Å². The maximum absolute atomic E-state index is 12.3. The highest BCUT2D eigenvalue weighted by Gasteiger charge is 2.19. The third-order valence-electron chi connectivity index (χ3n) is 3.86. The molecular formula is C19H16N4O3. The number of amides is 1. The van der Waals surface area contributed by atoms with Gasteiger partial charge in [-0.2, -0.15) is 5.10 Å². The molecule has 0 unspecified atom stereocenters. The summed E-state index contributed by atoms with van der Waals surface area (Å²) in [7, 11) is 0. The third kappa shape index (κ3) is 3.27. The maximum Gasteiger partial charge on any atom is 0.274 e. The maximum atomic E-state index is 12.3. The Hall–Kier alpha value is -3.61. The first-order valence-corrected chi connectivity index (χ1v) is 8.17. The molecule has 4 aromatic rings. The second-order valence-corrected chi connectivity index (χ2v) is 5.60. The Kier molecular flexibility index (Phi) is 4.34. The van der Waals surface area contributed by atoms with Crippen LogP contribution in [0.25, 0.3) is 17.2 Å². The van der Waals surface area contributed by atoms with Gasteiger partial charge in [0.1, 0.15) is 0 Å². The quantitative estimate of drug-likeness (QED) is 0.579.